The number of carbonyl (C=O) groups is 1. The number of nitrogens with one attached hydrogen (secondary N) is 1. The number of hydrogen-bond donors (Lipinski definition) is 4. The molecule has 0 saturated carbocycles. The number of aliphatic imine (C=N–C) groups is 1. The number of nitrogens with zero attached hydrogens (tertiary/aromatic N) is 4. The van der Waals surface area contributed by atoms with Crippen LogP contribution >= 0.6 is 11.6 Å². The Morgan fingerprint density at radius 1 is 1.32 bits per heavy atom. The van der Waals surface area contributed by atoms with Crippen molar-refractivity contribution >= 4 is 35.1 Å². The van der Waals surface area contributed by atoms with Gasteiger partial charge in [0.05, 0.1) is 0 Å². The molecule has 1 amide bonds. The van der Waals surface area contributed by atoms with E-state index in [0.29, 0.717) is 12.4 Å². The summed E-state index contributed by atoms with van der Waals surface area (Å²) in [6, 6.07) is 0. The molecule has 10 heteroatoms. The molecule has 0 fully saturated rings. The van der Waals surface area contributed by atoms with Crippen molar-refractivity contribution in [1.82, 2.24) is 14.9 Å². The lowest BCUT2D eigenvalue weighted by Crippen LogP contribution is -2.29. The summed E-state index contributed by atoms with van der Waals surface area (Å²) in [6.45, 7) is 7.50. The quantitative estimate of drug-likeness (QED) is 0.400. The smallest absolute Gasteiger partial charge is 0.302 e. The number of guanidine groups is 1. The van der Waals surface area contributed by atoms with Crippen molar-refractivity contribution < 1.29 is 4.79 Å². The standard InChI is InChI=1S/C12H21ClN8O/c1-3-21(4-2)6-5-17-10-8(13)18-7(9(14)19-10)11(22)20-12(15)16/h3-6H2,1-2H3,(H3,14,17,19)(H4,15,16,20,22). The molecule has 0 aliphatic carbocycles. The number of nitrogens with two attached hydrogens (primary N) is 3. The number of hydrogen-bond acceptors (Lipinski definition) is 6. The minimum absolute atomic E-state index is 0.0305. The first kappa shape index (κ1) is 17.9. The largest absolute Gasteiger partial charge is 0.382 e. The highest BCUT2D eigenvalue weighted by Crippen LogP contribution is 2.20. The molecule has 0 radical (unpaired) electrons. The van der Waals surface area contributed by atoms with Crippen LogP contribution in [0.4, 0.5) is 11.6 Å². The summed E-state index contributed by atoms with van der Waals surface area (Å²) in [5.41, 5.74) is 15.8. The summed E-state index contributed by atoms with van der Waals surface area (Å²) in [5, 5.41) is 3.07. The molecular formula is C12H21ClN8O. The van der Waals surface area contributed by atoms with Gasteiger partial charge in [-0.25, -0.2) is 9.97 Å². The number of halogens is 1. The van der Waals surface area contributed by atoms with Crippen molar-refractivity contribution in [2.75, 3.05) is 37.2 Å². The van der Waals surface area contributed by atoms with Crippen LogP contribution in [0.5, 0.6) is 0 Å². The van der Waals surface area contributed by atoms with Gasteiger partial charge in [0, 0.05) is 13.1 Å². The molecule has 1 aromatic rings. The summed E-state index contributed by atoms with van der Waals surface area (Å²) in [7, 11) is 0. The fourth-order valence-corrected chi connectivity index (χ4v) is 1.93. The second kappa shape index (κ2) is 8.35. The monoisotopic (exact) mass is 328 g/mol. The molecule has 22 heavy (non-hydrogen) atoms. The van der Waals surface area contributed by atoms with Crippen LogP contribution in [0.25, 0.3) is 0 Å². The number of amides is 1. The van der Waals surface area contributed by atoms with Gasteiger partial charge in [-0.2, -0.15) is 4.99 Å². The summed E-state index contributed by atoms with van der Waals surface area (Å²) < 4.78 is 0. The highest BCUT2D eigenvalue weighted by atomic mass is 35.5. The van der Waals surface area contributed by atoms with Crippen LogP contribution in [-0.2, 0) is 0 Å². The molecule has 1 heterocycles. The Balaban J connectivity index is 2.82. The van der Waals surface area contributed by atoms with E-state index in [4.69, 9.17) is 28.8 Å². The van der Waals surface area contributed by atoms with Crippen molar-refractivity contribution in [3.8, 4) is 0 Å². The van der Waals surface area contributed by atoms with E-state index in [9.17, 15) is 4.79 Å². The first-order chi connectivity index (χ1) is 10.4. The SMILES string of the molecule is CCN(CC)CCNc1nc(N)c(C(=O)N=C(N)N)nc1Cl. The Kier molecular flexibility index (Phi) is 6.80. The zero-order valence-corrected chi connectivity index (χ0v) is 13.4. The predicted molar refractivity (Wildman–Crippen MR) is 87.9 cm³/mol. The number of aromatic nitrogens is 2. The van der Waals surface area contributed by atoms with Crippen LogP contribution in [0.15, 0.2) is 4.99 Å². The normalized spacial score (nSPS) is 10.5. The first-order valence-corrected chi connectivity index (χ1v) is 7.20. The van der Waals surface area contributed by atoms with E-state index in [1.54, 1.807) is 0 Å². The molecule has 9 nitrogen and oxygen atoms in total. The number of carbonyl (C=O) groups excluding carboxylic acids is 1. The molecule has 122 valence electrons. The zero-order chi connectivity index (χ0) is 16.7. The highest BCUT2D eigenvalue weighted by Gasteiger charge is 2.16. The topological polar surface area (TPSA) is 149 Å². The maximum atomic E-state index is 11.7. The van der Waals surface area contributed by atoms with Crippen LogP contribution < -0.4 is 22.5 Å². The minimum atomic E-state index is -0.790. The summed E-state index contributed by atoms with van der Waals surface area (Å²) >= 11 is 6.00. The highest BCUT2D eigenvalue weighted by molar-refractivity contribution is 6.32. The van der Waals surface area contributed by atoms with Gasteiger partial charge in [-0.1, -0.05) is 25.4 Å². The Morgan fingerprint density at radius 2 is 1.95 bits per heavy atom. The second-order valence-corrected chi connectivity index (χ2v) is 4.75. The van der Waals surface area contributed by atoms with E-state index in [1.807, 2.05) is 0 Å². The molecule has 0 saturated heterocycles. The molecular weight excluding hydrogens is 308 g/mol. The van der Waals surface area contributed by atoms with E-state index in [1.165, 1.54) is 0 Å². The van der Waals surface area contributed by atoms with Crippen LogP contribution in [0.2, 0.25) is 5.15 Å². The van der Waals surface area contributed by atoms with E-state index >= 15 is 0 Å². The minimum Gasteiger partial charge on any atom is -0.382 e. The van der Waals surface area contributed by atoms with E-state index in [2.05, 4.69) is 39.0 Å². The summed E-state index contributed by atoms with van der Waals surface area (Å²) in [4.78, 5) is 25.2. The number of rotatable bonds is 7. The van der Waals surface area contributed by atoms with Crippen LogP contribution in [-0.4, -0.2) is 52.9 Å². The Hall–Kier alpha value is -2.13. The Morgan fingerprint density at radius 3 is 2.50 bits per heavy atom. The lowest BCUT2D eigenvalue weighted by atomic mass is 10.4. The molecule has 0 bridgehead atoms. The van der Waals surface area contributed by atoms with Gasteiger partial charge in [0.15, 0.2) is 28.4 Å². The van der Waals surface area contributed by atoms with Gasteiger partial charge in [-0.3, -0.25) is 4.79 Å². The van der Waals surface area contributed by atoms with Crippen molar-refractivity contribution in [2.45, 2.75) is 13.8 Å². The molecule has 0 aliphatic rings. The third-order valence-electron chi connectivity index (χ3n) is 2.93. The zero-order valence-electron chi connectivity index (χ0n) is 12.6. The predicted octanol–water partition coefficient (Wildman–Crippen LogP) is -0.120. The van der Waals surface area contributed by atoms with E-state index in [-0.39, 0.29) is 22.6 Å². The molecule has 0 unspecified atom stereocenters. The van der Waals surface area contributed by atoms with Gasteiger partial charge in [0.2, 0.25) is 0 Å². The van der Waals surface area contributed by atoms with Crippen molar-refractivity contribution in [3.05, 3.63) is 10.8 Å². The van der Waals surface area contributed by atoms with Gasteiger partial charge in [0.1, 0.15) is 0 Å². The molecule has 0 aromatic carbocycles. The van der Waals surface area contributed by atoms with E-state index < -0.39 is 5.91 Å². The van der Waals surface area contributed by atoms with E-state index in [0.717, 1.165) is 19.6 Å². The third kappa shape index (κ3) is 5.01. The second-order valence-electron chi connectivity index (χ2n) is 4.39. The maximum absolute atomic E-state index is 11.7. The van der Waals surface area contributed by atoms with Gasteiger partial charge in [-0.15, -0.1) is 0 Å². The Bertz CT molecular complexity index is 554. The van der Waals surface area contributed by atoms with Gasteiger partial charge in [-0.05, 0) is 13.1 Å². The average molecular weight is 329 g/mol. The maximum Gasteiger partial charge on any atom is 0.302 e. The summed E-state index contributed by atoms with van der Waals surface area (Å²) in [5.74, 6) is -0.956. The van der Waals surface area contributed by atoms with Crippen molar-refractivity contribution in [2.24, 2.45) is 16.5 Å². The fourth-order valence-electron chi connectivity index (χ4n) is 1.74. The number of likely N-dealkylation sites (N-methyl/N-ethyl adjacent to an activating group) is 1. The molecule has 0 aliphatic heterocycles. The molecule has 1 rings (SSSR count). The first-order valence-electron chi connectivity index (χ1n) is 6.82. The fraction of sp³-hybridized carbons (Fsp3) is 0.500. The Labute approximate surface area is 133 Å². The van der Waals surface area contributed by atoms with Crippen LogP contribution in [0, 0.1) is 0 Å². The molecule has 0 spiro atoms. The molecule has 7 N–H and O–H groups in total. The van der Waals surface area contributed by atoms with Gasteiger partial charge in [0.25, 0.3) is 0 Å². The van der Waals surface area contributed by atoms with Crippen LogP contribution in [0.3, 0.4) is 0 Å². The number of anilines is 2. The lowest BCUT2D eigenvalue weighted by molar-refractivity contribution is 0.0998. The van der Waals surface area contributed by atoms with Gasteiger partial charge < -0.3 is 27.4 Å². The summed E-state index contributed by atoms with van der Waals surface area (Å²) in [6.07, 6.45) is 0. The lowest BCUT2D eigenvalue weighted by Gasteiger charge is -2.18. The molecule has 1 aromatic heterocycles. The van der Waals surface area contributed by atoms with Crippen LogP contribution in [0.1, 0.15) is 24.3 Å². The third-order valence-corrected chi connectivity index (χ3v) is 3.19. The van der Waals surface area contributed by atoms with Gasteiger partial charge >= 0.3 is 5.91 Å². The number of nitrogen functional groups attached to an aromatic ring is 1. The molecule has 0 atom stereocenters. The van der Waals surface area contributed by atoms with Crippen molar-refractivity contribution in [1.29, 1.82) is 0 Å². The average Bonchev–Trinajstić information content (AvgIpc) is 2.45. The van der Waals surface area contributed by atoms with Crippen molar-refractivity contribution in [3.63, 3.8) is 0 Å².